The number of furan rings is 1. The minimum atomic E-state index is -0.188. The van der Waals surface area contributed by atoms with Crippen molar-refractivity contribution in [1.29, 1.82) is 0 Å². The molecule has 0 unspecified atom stereocenters. The van der Waals surface area contributed by atoms with Gasteiger partial charge >= 0.3 is 0 Å². The van der Waals surface area contributed by atoms with Crippen LogP contribution in [0, 0.1) is 0 Å². The zero-order chi connectivity index (χ0) is 19.5. The quantitative estimate of drug-likeness (QED) is 0.696. The fourth-order valence-corrected chi connectivity index (χ4v) is 4.08. The van der Waals surface area contributed by atoms with Crippen molar-refractivity contribution in [1.82, 2.24) is 15.2 Å². The van der Waals surface area contributed by atoms with E-state index in [1.165, 1.54) is 17.6 Å². The summed E-state index contributed by atoms with van der Waals surface area (Å²) in [5, 5.41) is 6.23. The van der Waals surface area contributed by atoms with Gasteiger partial charge in [0.25, 0.3) is 11.8 Å². The number of rotatable bonds is 4. The van der Waals surface area contributed by atoms with Crippen LogP contribution in [0.2, 0.25) is 5.02 Å². The summed E-state index contributed by atoms with van der Waals surface area (Å²) in [5.74, 6) is 0.0499. The molecule has 3 heterocycles. The van der Waals surface area contributed by atoms with Crippen LogP contribution in [0.15, 0.2) is 52.5 Å². The van der Waals surface area contributed by atoms with E-state index in [1.807, 2.05) is 12.1 Å². The molecule has 1 aliphatic heterocycles. The van der Waals surface area contributed by atoms with E-state index >= 15 is 0 Å². The summed E-state index contributed by atoms with van der Waals surface area (Å²) in [6.45, 7) is 1.16. The number of carbonyl (C=O) groups excluding carboxylic acids is 2. The Balaban J connectivity index is 1.32. The van der Waals surface area contributed by atoms with E-state index in [0.717, 1.165) is 10.6 Å². The molecule has 2 aromatic heterocycles. The molecule has 0 atom stereocenters. The SMILES string of the molecule is O=C(NC1CCN(C(=O)c2ccco2)CC1)c1csc(-c2ccc(Cl)cc2)n1. The Morgan fingerprint density at radius 3 is 2.61 bits per heavy atom. The van der Waals surface area contributed by atoms with Crippen LogP contribution in [-0.4, -0.2) is 40.8 Å². The molecule has 28 heavy (non-hydrogen) atoms. The monoisotopic (exact) mass is 415 g/mol. The van der Waals surface area contributed by atoms with Gasteiger partial charge in [-0.05, 0) is 37.1 Å². The third kappa shape index (κ3) is 4.10. The fraction of sp³-hybridized carbons (Fsp3) is 0.250. The zero-order valence-electron chi connectivity index (χ0n) is 14.9. The lowest BCUT2D eigenvalue weighted by Gasteiger charge is -2.31. The molecule has 0 bridgehead atoms. The molecule has 0 spiro atoms. The predicted octanol–water partition coefficient (Wildman–Crippen LogP) is 4.09. The van der Waals surface area contributed by atoms with Gasteiger partial charge in [0.15, 0.2) is 5.76 Å². The number of likely N-dealkylation sites (tertiary alicyclic amines) is 1. The van der Waals surface area contributed by atoms with Gasteiger partial charge in [-0.15, -0.1) is 11.3 Å². The van der Waals surface area contributed by atoms with Crippen molar-refractivity contribution in [3.05, 3.63) is 64.5 Å². The van der Waals surface area contributed by atoms with Crippen molar-refractivity contribution in [3.63, 3.8) is 0 Å². The van der Waals surface area contributed by atoms with Crippen LogP contribution >= 0.6 is 22.9 Å². The van der Waals surface area contributed by atoms with E-state index in [0.29, 0.717) is 42.4 Å². The molecule has 2 amide bonds. The number of benzene rings is 1. The standard InChI is InChI=1S/C20H18ClN3O3S/c21-14-5-3-13(4-6-14)19-23-16(12-28-19)18(25)22-15-7-9-24(10-8-15)20(26)17-2-1-11-27-17/h1-6,11-12,15H,7-10H2,(H,22,25). The number of piperidine rings is 1. The Bertz CT molecular complexity index is 961. The van der Waals surface area contributed by atoms with Gasteiger partial charge in [-0.1, -0.05) is 23.7 Å². The smallest absolute Gasteiger partial charge is 0.289 e. The number of hydrogen-bond acceptors (Lipinski definition) is 5. The summed E-state index contributed by atoms with van der Waals surface area (Å²) in [7, 11) is 0. The molecule has 0 saturated carbocycles. The highest BCUT2D eigenvalue weighted by Gasteiger charge is 2.26. The second-order valence-electron chi connectivity index (χ2n) is 6.56. The molecule has 0 radical (unpaired) electrons. The van der Waals surface area contributed by atoms with Crippen LogP contribution in [-0.2, 0) is 0 Å². The number of nitrogens with one attached hydrogen (secondary N) is 1. The largest absolute Gasteiger partial charge is 0.459 e. The lowest BCUT2D eigenvalue weighted by Crippen LogP contribution is -2.46. The maximum absolute atomic E-state index is 12.5. The predicted molar refractivity (Wildman–Crippen MR) is 108 cm³/mol. The van der Waals surface area contributed by atoms with Gasteiger partial charge in [-0.3, -0.25) is 9.59 Å². The minimum Gasteiger partial charge on any atom is -0.459 e. The number of nitrogens with zero attached hydrogens (tertiary/aromatic N) is 2. The normalized spacial score (nSPS) is 14.8. The Morgan fingerprint density at radius 2 is 1.93 bits per heavy atom. The van der Waals surface area contributed by atoms with Crippen molar-refractivity contribution >= 4 is 34.8 Å². The maximum atomic E-state index is 12.5. The third-order valence-corrected chi connectivity index (χ3v) is 5.82. The van der Waals surface area contributed by atoms with Crippen molar-refractivity contribution in [2.45, 2.75) is 18.9 Å². The summed E-state index contributed by atoms with van der Waals surface area (Å²) in [4.78, 5) is 31.0. The van der Waals surface area contributed by atoms with E-state index in [-0.39, 0.29) is 17.9 Å². The Morgan fingerprint density at radius 1 is 1.18 bits per heavy atom. The van der Waals surface area contributed by atoms with Gasteiger partial charge < -0.3 is 14.6 Å². The molecule has 3 aromatic rings. The third-order valence-electron chi connectivity index (χ3n) is 4.68. The number of hydrogen-bond donors (Lipinski definition) is 1. The molecule has 1 aliphatic rings. The first-order chi connectivity index (χ1) is 13.6. The van der Waals surface area contributed by atoms with E-state index < -0.39 is 0 Å². The number of aromatic nitrogens is 1. The Kier molecular flexibility index (Phi) is 5.45. The lowest BCUT2D eigenvalue weighted by molar-refractivity contribution is 0.0667. The van der Waals surface area contributed by atoms with Crippen molar-refractivity contribution in [2.75, 3.05) is 13.1 Å². The molecule has 1 fully saturated rings. The van der Waals surface area contributed by atoms with Crippen LogP contribution in [0.3, 0.4) is 0 Å². The van der Waals surface area contributed by atoms with E-state index in [4.69, 9.17) is 16.0 Å². The lowest BCUT2D eigenvalue weighted by atomic mass is 10.0. The Hall–Kier alpha value is -2.64. The molecule has 144 valence electrons. The first-order valence-corrected chi connectivity index (χ1v) is 10.2. The average Bonchev–Trinajstić information content (AvgIpc) is 3.41. The second kappa shape index (κ2) is 8.16. The number of carbonyl (C=O) groups is 2. The number of thiazole rings is 1. The summed E-state index contributed by atoms with van der Waals surface area (Å²) >= 11 is 7.33. The summed E-state index contributed by atoms with van der Waals surface area (Å²) in [5.41, 5.74) is 1.34. The van der Waals surface area contributed by atoms with Crippen LogP contribution in [0.25, 0.3) is 10.6 Å². The van der Waals surface area contributed by atoms with Crippen LogP contribution in [0.4, 0.5) is 0 Å². The van der Waals surface area contributed by atoms with Gasteiger partial charge in [-0.25, -0.2) is 4.98 Å². The maximum Gasteiger partial charge on any atom is 0.289 e. The molecule has 4 rings (SSSR count). The summed E-state index contributed by atoms with van der Waals surface area (Å²) < 4.78 is 5.17. The topological polar surface area (TPSA) is 75.4 Å². The van der Waals surface area contributed by atoms with Crippen LogP contribution in [0.5, 0.6) is 0 Å². The first kappa shape index (κ1) is 18.7. The second-order valence-corrected chi connectivity index (χ2v) is 7.86. The van der Waals surface area contributed by atoms with Gasteiger partial charge in [0.2, 0.25) is 0 Å². The van der Waals surface area contributed by atoms with Crippen molar-refractivity contribution in [2.24, 2.45) is 0 Å². The van der Waals surface area contributed by atoms with Gasteiger partial charge in [-0.2, -0.15) is 0 Å². The highest BCUT2D eigenvalue weighted by molar-refractivity contribution is 7.13. The van der Waals surface area contributed by atoms with E-state index in [1.54, 1.807) is 34.5 Å². The average molecular weight is 416 g/mol. The summed E-state index contributed by atoms with van der Waals surface area (Å²) in [6, 6.07) is 10.8. The van der Waals surface area contributed by atoms with E-state index in [9.17, 15) is 9.59 Å². The van der Waals surface area contributed by atoms with Crippen molar-refractivity contribution in [3.8, 4) is 10.6 Å². The van der Waals surface area contributed by atoms with Gasteiger partial charge in [0, 0.05) is 35.1 Å². The molecule has 1 saturated heterocycles. The van der Waals surface area contributed by atoms with Gasteiger partial charge in [0.05, 0.1) is 6.26 Å². The molecule has 8 heteroatoms. The Labute approximate surface area is 171 Å². The number of halogens is 1. The molecule has 6 nitrogen and oxygen atoms in total. The minimum absolute atomic E-state index is 0.0221. The van der Waals surface area contributed by atoms with Crippen molar-refractivity contribution < 1.29 is 14.0 Å². The molecular weight excluding hydrogens is 398 g/mol. The molecule has 1 aromatic carbocycles. The first-order valence-electron chi connectivity index (χ1n) is 8.95. The molecule has 0 aliphatic carbocycles. The zero-order valence-corrected chi connectivity index (χ0v) is 16.5. The summed E-state index contributed by atoms with van der Waals surface area (Å²) in [6.07, 6.45) is 2.89. The molecule has 1 N–H and O–H groups in total. The highest BCUT2D eigenvalue weighted by Crippen LogP contribution is 2.25. The fourth-order valence-electron chi connectivity index (χ4n) is 3.15. The number of amides is 2. The van der Waals surface area contributed by atoms with Gasteiger partial charge in [0.1, 0.15) is 10.7 Å². The highest BCUT2D eigenvalue weighted by atomic mass is 35.5. The van der Waals surface area contributed by atoms with E-state index in [2.05, 4.69) is 10.3 Å². The molecular formula is C20H18ClN3O3S. The van der Waals surface area contributed by atoms with Crippen LogP contribution < -0.4 is 5.32 Å². The van der Waals surface area contributed by atoms with Crippen LogP contribution in [0.1, 0.15) is 33.9 Å².